The van der Waals surface area contributed by atoms with Crippen molar-refractivity contribution in [2.24, 2.45) is 0 Å². The number of halogens is 4. The normalized spacial score (nSPS) is 11.8. The second-order valence-electron chi connectivity index (χ2n) is 4.30. The summed E-state index contributed by atoms with van der Waals surface area (Å²) < 4.78 is 38.6. The summed E-state index contributed by atoms with van der Waals surface area (Å²) in [6, 6.07) is 11.6. The van der Waals surface area contributed by atoms with Gasteiger partial charge in [-0.2, -0.15) is 13.2 Å². The molecule has 0 aliphatic heterocycles. The van der Waals surface area contributed by atoms with Crippen LogP contribution in [0.2, 0.25) is 0 Å². The first-order valence-electron chi connectivity index (χ1n) is 6.02. The number of carbonyl (C=O) groups is 1. The van der Waals surface area contributed by atoms with Gasteiger partial charge in [0.2, 0.25) is 0 Å². The van der Waals surface area contributed by atoms with E-state index in [0.717, 1.165) is 22.2 Å². The number of carbonyl (C=O) groups excluding carboxylic acids is 1. The smallest absolute Gasteiger partial charge is 0.289 e. The Labute approximate surface area is 128 Å². The van der Waals surface area contributed by atoms with E-state index < -0.39 is 17.5 Å². The standard InChI is InChI=1S/C16H10BrF3O/c17-14-7-2-1-4-11(14)8-9-15(21)12-5-3-6-13(10-12)16(18,19)20/h1-10H. The van der Waals surface area contributed by atoms with Gasteiger partial charge in [-0.1, -0.05) is 46.3 Å². The van der Waals surface area contributed by atoms with Gasteiger partial charge in [0.25, 0.3) is 0 Å². The van der Waals surface area contributed by atoms with Gasteiger partial charge < -0.3 is 0 Å². The van der Waals surface area contributed by atoms with E-state index in [1.165, 1.54) is 18.2 Å². The lowest BCUT2D eigenvalue weighted by molar-refractivity contribution is -0.137. The molecule has 1 nitrogen and oxygen atoms in total. The number of allylic oxidation sites excluding steroid dienone is 1. The average Bonchev–Trinajstić information content (AvgIpc) is 2.45. The van der Waals surface area contributed by atoms with Crippen LogP contribution in [-0.4, -0.2) is 5.78 Å². The van der Waals surface area contributed by atoms with Gasteiger partial charge in [0.05, 0.1) is 5.56 Å². The zero-order chi connectivity index (χ0) is 15.5. The second-order valence-corrected chi connectivity index (χ2v) is 5.15. The monoisotopic (exact) mass is 354 g/mol. The minimum Gasteiger partial charge on any atom is -0.289 e. The minimum absolute atomic E-state index is 0.00753. The van der Waals surface area contributed by atoms with Gasteiger partial charge in [-0.3, -0.25) is 4.79 Å². The average molecular weight is 355 g/mol. The molecule has 0 fully saturated rings. The van der Waals surface area contributed by atoms with Crippen LogP contribution in [0.4, 0.5) is 13.2 Å². The van der Waals surface area contributed by atoms with Crippen LogP contribution in [0.1, 0.15) is 21.5 Å². The van der Waals surface area contributed by atoms with Gasteiger partial charge in [-0.25, -0.2) is 0 Å². The van der Waals surface area contributed by atoms with Crippen LogP contribution < -0.4 is 0 Å². The zero-order valence-electron chi connectivity index (χ0n) is 10.7. The number of hydrogen-bond donors (Lipinski definition) is 0. The van der Waals surface area contributed by atoms with Gasteiger partial charge in [-0.05, 0) is 35.9 Å². The molecule has 0 amide bonds. The molecule has 0 aromatic heterocycles. The van der Waals surface area contributed by atoms with Crippen molar-refractivity contribution in [3.8, 4) is 0 Å². The topological polar surface area (TPSA) is 17.1 Å². The summed E-state index contributed by atoms with van der Waals surface area (Å²) in [4.78, 5) is 11.9. The molecule has 0 saturated heterocycles. The van der Waals surface area contributed by atoms with Crippen LogP contribution >= 0.6 is 15.9 Å². The molecule has 0 unspecified atom stereocenters. The molecule has 2 aromatic rings. The number of rotatable bonds is 3. The van der Waals surface area contributed by atoms with Crippen LogP contribution in [0.5, 0.6) is 0 Å². The lowest BCUT2D eigenvalue weighted by atomic mass is 10.1. The van der Waals surface area contributed by atoms with Gasteiger partial charge in [0.1, 0.15) is 0 Å². The highest BCUT2D eigenvalue weighted by Crippen LogP contribution is 2.29. The molecule has 5 heteroatoms. The van der Waals surface area contributed by atoms with Crippen LogP contribution in [0, 0.1) is 0 Å². The first-order chi connectivity index (χ1) is 9.88. The van der Waals surface area contributed by atoms with Gasteiger partial charge in [0.15, 0.2) is 5.78 Å². The summed E-state index contributed by atoms with van der Waals surface area (Å²) in [6.45, 7) is 0. The van der Waals surface area contributed by atoms with E-state index in [1.54, 1.807) is 18.2 Å². The van der Waals surface area contributed by atoms with E-state index in [9.17, 15) is 18.0 Å². The number of alkyl halides is 3. The first kappa shape index (κ1) is 15.5. The van der Waals surface area contributed by atoms with Gasteiger partial charge in [0, 0.05) is 10.0 Å². The van der Waals surface area contributed by atoms with E-state index in [1.807, 2.05) is 12.1 Å². The molecular weight excluding hydrogens is 345 g/mol. The molecule has 0 N–H and O–H groups in total. The summed E-state index contributed by atoms with van der Waals surface area (Å²) in [7, 11) is 0. The van der Waals surface area contributed by atoms with Gasteiger partial charge >= 0.3 is 6.18 Å². The molecule has 0 spiro atoms. The van der Waals surface area contributed by atoms with Crippen LogP contribution in [-0.2, 0) is 6.18 Å². The van der Waals surface area contributed by atoms with Crippen molar-refractivity contribution < 1.29 is 18.0 Å². The van der Waals surface area contributed by atoms with Crippen LogP contribution in [0.15, 0.2) is 59.1 Å². The molecule has 0 atom stereocenters. The summed E-state index contributed by atoms with van der Waals surface area (Å²) >= 11 is 3.33. The summed E-state index contributed by atoms with van der Waals surface area (Å²) in [6.07, 6.45) is -1.63. The van der Waals surface area contributed by atoms with Crippen molar-refractivity contribution in [3.63, 3.8) is 0 Å². The van der Waals surface area contributed by atoms with Gasteiger partial charge in [-0.15, -0.1) is 0 Å². The fourth-order valence-corrected chi connectivity index (χ4v) is 2.14. The highest BCUT2D eigenvalue weighted by Gasteiger charge is 2.30. The van der Waals surface area contributed by atoms with Crippen molar-refractivity contribution >= 4 is 27.8 Å². The number of hydrogen-bond acceptors (Lipinski definition) is 1. The molecule has 0 aliphatic rings. The quantitative estimate of drug-likeness (QED) is 0.535. The molecule has 0 heterocycles. The third kappa shape index (κ3) is 4.04. The predicted molar refractivity (Wildman–Crippen MR) is 79.0 cm³/mol. The molecular formula is C16H10BrF3O. The predicted octanol–water partition coefficient (Wildman–Crippen LogP) is 5.36. The maximum absolute atomic E-state index is 12.6. The van der Waals surface area contributed by atoms with E-state index in [-0.39, 0.29) is 5.56 Å². The fraction of sp³-hybridized carbons (Fsp3) is 0.0625. The lowest BCUT2D eigenvalue weighted by Crippen LogP contribution is -2.06. The maximum atomic E-state index is 12.6. The Balaban J connectivity index is 2.23. The Kier molecular flexibility index (Phi) is 4.63. The Morgan fingerprint density at radius 1 is 1.05 bits per heavy atom. The number of benzene rings is 2. The van der Waals surface area contributed by atoms with E-state index in [2.05, 4.69) is 15.9 Å². The molecule has 0 bridgehead atoms. The van der Waals surface area contributed by atoms with Crippen molar-refractivity contribution in [3.05, 3.63) is 75.8 Å². The molecule has 21 heavy (non-hydrogen) atoms. The Bertz CT molecular complexity index is 690. The van der Waals surface area contributed by atoms with Crippen molar-refractivity contribution in [2.45, 2.75) is 6.18 Å². The lowest BCUT2D eigenvalue weighted by Gasteiger charge is -2.07. The number of ketones is 1. The Morgan fingerprint density at radius 3 is 2.43 bits per heavy atom. The third-order valence-electron chi connectivity index (χ3n) is 2.79. The van der Waals surface area contributed by atoms with Crippen molar-refractivity contribution in [1.82, 2.24) is 0 Å². The van der Waals surface area contributed by atoms with E-state index in [4.69, 9.17) is 0 Å². The minimum atomic E-state index is -4.46. The SMILES string of the molecule is O=C(C=Cc1ccccc1Br)c1cccc(C(F)(F)F)c1. The molecule has 2 rings (SSSR count). The zero-order valence-corrected chi connectivity index (χ0v) is 12.3. The van der Waals surface area contributed by atoms with E-state index >= 15 is 0 Å². The molecule has 2 aromatic carbocycles. The van der Waals surface area contributed by atoms with Crippen LogP contribution in [0.25, 0.3) is 6.08 Å². The Hall–Kier alpha value is -1.88. The highest BCUT2D eigenvalue weighted by molar-refractivity contribution is 9.10. The molecule has 0 saturated carbocycles. The fourth-order valence-electron chi connectivity index (χ4n) is 1.72. The second kappa shape index (κ2) is 6.26. The Morgan fingerprint density at radius 2 is 1.76 bits per heavy atom. The third-order valence-corrected chi connectivity index (χ3v) is 3.52. The molecule has 108 valence electrons. The molecule has 0 radical (unpaired) electrons. The first-order valence-corrected chi connectivity index (χ1v) is 6.81. The van der Waals surface area contributed by atoms with Crippen LogP contribution in [0.3, 0.4) is 0 Å². The highest BCUT2D eigenvalue weighted by atomic mass is 79.9. The largest absolute Gasteiger partial charge is 0.416 e. The summed E-state index contributed by atoms with van der Waals surface area (Å²) in [5, 5.41) is 0. The summed E-state index contributed by atoms with van der Waals surface area (Å²) in [5.41, 5.74) is -0.0476. The van der Waals surface area contributed by atoms with Crippen molar-refractivity contribution in [1.29, 1.82) is 0 Å². The van der Waals surface area contributed by atoms with E-state index in [0.29, 0.717) is 0 Å². The molecule has 0 aliphatic carbocycles. The maximum Gasteiger partial charge on any atom is 0.416 e. The van der Waals surface area contributed by atoms with Crippen molar-refractivity contribution in [2.75, 3.05) is 0 Å². The summed E-state index contributed by atoms with van der Waals surface area (Å²) in [5.74, 6) is -0.475.